The Labute approximate surface area is 195 Å². The molecule has 1 aromatic heterocycles. The molecule has 4 rings (SSSR count). The fourth-order valence-corrected chi connectivity index (χ4v) is 4.56. The Balaban J connectivity index is 1.65. The second-order valence-corrected chi connectivity index (χ2v) is 9.30. The van der Waals surface area contributed by atoms with Crippen molar-refractivity contribution < 1.29 is 9.59 Å². The molecule has 0 spiro atoms. The van der Waals surface area contributed by atoms with Crippen molar-refractivity contribution in [1.29, 1.82) is 0 Å². The second kappa shape index (κ2) is 9.99. The predicted octanol–water partition coefficient (Wildman–Crippen LogP) is 4.60. The van der Waals surface area contributed by atoms with E-state index in [-0.39, 0.29) is 11.8 Å². The number of carbonyl (C=O) groups is 2. The van der Waals surface area contributed by atoms with Crippen LogP contribution in [0, 0.1) is 11.3 Å². The first-order chi connectivity index (χ1) is 16.0. The molecular weight excluding hydrogens is 410 g/mol. The summed E-state index contributed by atoms with van der Waals surface area (Å²) in [6.07, 6.45) is 4.48. The summed E-state index contributed by atoms with van der Waals surface area (Å²) in [6, 6.07) is 22.0. The molecule has 5 nitrogen and oxygen atoms in total. The number of hydrogen-bond acceptors (Lipinski definition) is 3. The van der Waals surface area contributed by atoms with Gasteiger partial charge < -0.3 is 10.2 Å². The summed E-state index contributed by atoms with van der Waals surface area (Å²) in [5.41, 5.74) is 3.33. The highest BCUT2D eigenvalue weighted by Crippen LogP contribution is 2.38. The number of rotatable bonds is 7. The van der Waals surface area contributed by atoms with Gasteiger partial charge in [0.25, 0.3) is 5.91 Å². The zero-order valence-electron chi connectivity index (χ0n) is 19.3. The maximum atomic E-state index is 13.6. The molecule has 0 unspecified atom stereocenters. The third kappa shape index (κ3) is 5.14. The van der Waals surface area contributed by atoms with Gasteiger partial charge >= 0.3 is 0 Å². The Bertz CT molecular complexity index is 1100. The molecule has 1 N–H and O–H groups in total. The zero-order chi connectivity index (χ0) is 23.3. The van der Waals surface area contributed by atoms with Gasteiger partial charge in [-0.05, 0) is 47.6 Å². The summed E-state index contributed by atoms with van der Waals surface area (Å²) in [4.78, 5) is 32.5. The van der Waals surface area contributed by atoms with Gasteiger partial charge in [0.1, 0.15) is 0 Å². The van der Waals surface area contributed by atoms with Gasteiger partial charge in [0.15, 0.2) is 0 Å². The van der Waals surface area contributed by atoms with Crippen LogP contribution in [0.2, 0.25) is 0 Å². The minimum absolute atomic E-state index is 0.0316. The smallest absolute Gasteiger partial charge is 0.253 e. The Morgan fingerprint density at radius 2 is 1.70 bits per heavy atom. The number of amides is 2. The molecule has 2 aromatic carbocycles. The van der Waals surface area contributed by atoms with Crippen molar-refractivity contribution in [3.63, 3.8) is 0 Å². The van der Waals surface area contributed by atoms with Crippen molar-refractivity contribution in [1.82, 2.24) is 15.2 Å². The number of aromatic nitrogens is 1. The maximum absolute atomic E-state index is 13.6. The first-order valence-electron chi connectivity index (χ1n) is 11.6. The van der Waals surface area contributed by atoms with E-state index in [4.69, 9.17) is 0 Å². The average molecular weight is 442 g/mol. The Hall–Kier alpha value is -3.47. The summed E-state index contributed by atoms with van der Waals surface area (Å²) in [6.45, 7) is 5.77. The van der Waals surface area contributed by atoms with Crippen LogP contribution < -0.4 is 5.32 Å². The lowest BCUT2D eigenvalue weighted by molar-refractivity contribution is -0.130. The molecule has 1 aliphatic rings. The van der Waals surface area contributed by atoms with Crippen LogP contribution in [0.15, 0.2) is 79.1 Å². The number of nitrogens with one attached hydrogen (secondary N) is 1. The maximum Gasteiger partial charge on any atom is 0.253 e. The first kappa shape index (κ1) is 22.7. The standard InChI is InChI=1S/C28H31N3O2/c1-21(2)19-30-27(33)28(14-17-31(20-28)26(32)23-12-15-29-16-13-23)18-24-10-6-7-11-25(24)22-8-4-3-5-9-22/h3-13,15-16,21H,14,17-20H2,1-2H3,(H,30,33)/t28-/m0/s1. The molecule has 2 heterocycles. The van der Waals surface area contributed by atoms with Crippen LogP contribution in [-0.4, -0.2) is 41.3 Å². The van der Waals surface area contributed by atoms with Gasteiger partial charge in [0.2, 0.25) is 5.91 Å². The summed E-state index contributed by atoms with van der Waals surface area (Å²) in [7, 11) is 0. The molecule has 170 valence electrons. The molecule has 33 heavy (non-hydrogen) atoms. The minimum atomic E-state index is -0.664. The van der Waals surface area contributed by atoms with E-state index >= 15 is 0 Å². The molecule has 3 aromatic rings. The van der Waals surface area contributed by atoms with Crippen molar-refractivity contribution in [2.45, 2.75) is 26.7 Å². The van der Waals surface area contributed by atoms with Crippen LogP contribution in [0.4, 0.5) is 0 Å². The van der Waals surface area contributed by atoms with Gasteiger partial charge in [-0.25, -0.2) is 0 Å². The summed E-state index contributed by atoms with van der Waals surface area (Å²) in [5.74, 6) is 0.343. The number of benzene rings is 2. The summed E-state index contributed by atoms with van der Waals surface area (Å²) in [5, 5.41) is 3.16. The van der Waals surface area contributed by atoms with Crippen molar-refractivity contribution in [2.24, 2.45) is 11.3 Å². The van der Waals surface area contributed by atoms with Gasteiger partial charge in [0, 0.05) is 37.6 Å². The van der Waals surface area contributed by atoms with Crippen LogP contribution in [0.25, 0.3) is 11.1 Å². The number of likely N-dealkylation sites (tertiary alicyclic amines) is 1. The Morgan fingerprint density at radius 1 is 1.00 bits per heavy atom. The van der Waals surface area contributed by atoms with Crippen molar-refractivity contribution in [3.8, 4) is 11.1 Å². The average Bonchev–Trinajstić information content (AvgIpc) is 3.28. The van der Waals surface area contributed by atoms with Crippen LogP contribution in [0.1, 0.15) is 36.2 Å². The van der Waals surface area contributed by atoms with E-state index in [9.17, 15) is 9.59 Å². The van der Waals surface area contributed by atoms with E-state index in [1.54, 1.807) is 24.5 Å². The molecule has 0 saturated carbocycles. The van der Waals surface area contributed by atoms with E-state index in [1.807, 2.05) is 35.2 Å². The van der Waals surface area contributed by atoms with Crippen LogP contribution in [0.5, 0.6) is 0 Å². The van der Waals surface area contributed by atoms with Gasteiger partial charge in [-0.2, -0.15) is 0 Å². The van der Waals surface area contributed by atoms with Crippen LogP contribution >= 0.6 is 0 Å². The fraction of sp³-hybridized carbons (Fsp3) is 0.321. The monoisotopic (exact) mass is 441 g/mol. The van der Waals surface area contributed by atoms with E-state index < -0.39 is 5.41 Å². The number of hydrogen-bond donors (Lipinski definition) is 1. The highest BCUT2D eigenvalue weighted by atomic mass is 16.2. The predicted molar refractivity (Wildman–Crippen MR) is 131 cm³/mol. The molecule has 2 amide bonds. The highest BCUT2D eigenvalue weighted by molar-refractivity contribution is 5.95. The first-order valence-corrected chi connectivity index (χ1v) is 11.6. The van der Waals surface area contributed by atoms with Crippen molar-refractivity contribution >= 4 is 11.8 Å². The van der Waals surface area contributed by atoms with Gasteiger partial charge in [0.05, 0.1) is 5.41 Å². The molecule has 1 atom stereocenters. The molecule has 0 aliphatic carbocycles. The molecule has 0 radical (unpaired) electrons. The number of carbonyl (C=O) groups excluding carboxylic acids is 2. The van der Waals surface area contributed by atoms with E-state index in [0.29, 0.717) is 44.0 Å². The Kier molecular flexibility index (Phi) is 6.87. The van der Waals surface area contributed by atoms with Crippen LogP contribution in [0.3, 0.4) is 0 Å². The highest BCUT2D eigenvalue weighted by Gasteiger charge is 2.46. The lowest BCUT2D eigenvalue weighted by Gasteiger charge is -2.30. The molecule has 5 heteroatoms. The fourth-order valence-electron chi connectivity index (χ4n) is 4.56. The van der Waals surface area contributed by atoms with E-state index in [0.717, 1.165) is 16.7 Å². The van der Waals surface area contributed by atoms with Crippen molar-refractivity contribution in [2.75, 3.05) is 19.6 Å². The van der Waals surface area contributed by atoms with Gasteiger partial charge in [-0.3, -0.25) is 14.6 Å². The quantitative estimate of drug-likeness (QED) is 0.583. The number of pyridine rings is 1. The summed E-state index contributed by atoms with van der Waals surface area (Å²) >= 11 is 0. The SMILES string of the molecule is CC(C)CNC(=O)[C@]1(Cc2ccccc2-c2ccccc2)CCN(C(=O)c2ccncc2)C1. The lowest BCUT2D eigenvalue weighted by atomic mass is 9.78. The normalized spacial score (nSPS) is 17.8. The largest absolute Gasteiger partial charge is 0.355 e. The molecular formula is C28H31N3O2. The lowest BCUT2D eigenvalue weighted by Crippen LogP contribution is -2.46. The zero-order valence-corrected chi connectivity index (χ0v) is 19.3. The third-order valence-electron chi connectivity index (χ3n) is 6.35. The molecule has 1 aliphatic heterocycles. The van der Waals surface area contributed by atoms with E-state index in [2.05, 4.69) is 48.4 Å². The van der Waals surface area contributed by atoms with Crippen molar-refractivity contribution in [3.05, 3.63) is 90.3 Å². The summed E-state index contributed by atoms with van der Waals surface area (Å²) < 4.78 is 0. The third-order valence-corrected chi connectivity index (χ3v) is 6.35. The molecule has 1 fully saturated rings. The Morgan fingerprint density at radius 3 is 2.42 bits per heavy atom. The van der Waals surface area contributed by atoms with E-state index in [1.165, 1.54) is 0 Å². The molecule has 1 saturated heterocycles. The number of nitrogens with zero attached hydrogens (tertiary/aromatic N) is 2. The van der Waals surface area contributed by atoms with Gasteiger partial charge in [-0.1, -0.05) is 68.4 Å². The van der Waals surface area contributed by atoms with Gasteiger partial charge in [-0.15, -0.1) is 0 Å². The second-order valence-electron chi connectivity index (χ2n) is 9.30. The molecule has 0 bridgehead atoms. The topological polar surface area (TPSA) is 62.3 Å². The minimum Gasteiger partial charge on any atom is -0.355 e. The van der Waals surface area contributed by atoms with Crippen LogP contribution in [-0.2, 0) is 11.2 Å².